The van der Waals surface area contributed by atoms with Gasteiger partial charge in [0.2, 0.25) is 0 Å². The zero-order chi connectivity index (χ0) is 11.5. The smallest absolute Gasteiger partial charge is 0.0954 e. The van der Waals surface area contributed by atoms with Crippen LogP contribution in [-0.2, 0) is 6.54 Å². The van der Waals surface area contributed by atoms with Crippen molar-refractivity contribution in [2.24, 2.45) is 11.7 Å². The zero-order valence-corrected chi connectivity index (χ0v) is 11.0. The quantitative estimate of drug-likeness (QED) is 0.874. The molecule has 1 unspecified atom stereocenters. The summed E-state index contributed by atoms with van der Waals surface area (Å²) in [6, 6.07) is 0. The lowest BCUT2D eigenvalue weighted by atomic mass is 10.1. The summed E-state index contributed by atoms with van der Waals surface area (Å²) in [5, 5.41) is 3.45. The molecule has 2 N–H and O–H groups in total. The monoisotopic (exact) mass is 239 g/mol. The zero-order valence-electron chi connectivity index (χ0n) is 10.1. The van der Waals surface area contributed by atoms with Crippen molar-refractivity contribution < 1.29 is 0 Å². The summed E-state index contributed by atoms with van der Waals surface area (Å²) >= 11 is 1.79. The molecule has 1 aliphatic heterocycles. The van der Waals surface area contributed by atoms with Crippen LogP contribution in [0.25, 0.3) is 0 Å². The Labute approximate surface area is 102 Å². The third kappa shape index (κ3) is 2.81. The molecule has 0 spiro atoms. The predicted octanol–water partition coefficient (Wildman–Crippen LogP) is 2.05. The van der Waals surface area contributed by atoms with Crippen molar-refractivity contribution in [1.82, 2.24) is 9.88 Å². The Kier molecular flexibility index (Phi) is 3.95. The van der Waals surface area contributed by atoms with Crippen molar-refractivity contribution in [3.8, 4) is 0 Å². The standard InChI is InChI=1S/C12H21N3S/c1-9(2)12-14-11(8-16-12)7-15-4-3-10(5-13)6-15/h8-10H,3-7,13H2,1-2H3. The molecule has 0 aliphatic carbocycles. The molecule has 0 saturated carbocycles. The Hall–Kier alpha value is -0.450. The van der Waals surface area contributed by atoms with Gasteiger partial charge in [-0.1, -0.05) is 13.8 Å². The van der Waals surface area contributed by atoms with E-state index in [-0.39, 0.29) is 0 Å². The summed E-state index contributed by atoms with van der Waals surface area (Å²) < 4.78 is 0. The van der Waals surface area contributed by atoms with Gasteiger partial charge in [-0.2, -0.15) is 0 Å². The normalized spacial score (nSPS) is 22.1. The first kappa shape index (κ1) is 12.0. The van der Waals surface area contributed by atoms with Crippen LogP contribution in [0.1, 0.15) is 36.9 Å². The highest BCUT2D eigenvalue weighted by molar-refractivity contribution is 7.09. The number of nitrogens with two attached hydrogens (primary N) is 1. The Morgan fingerprint density at radius 2 is 2.44 bits per heavy atom. The van der Waals surface area contributed by atoms with Gasteiger partial charge in [0, 0.05) is 24.4 Å². The highest BCUT2D eigenvalue weighted by atomic mass is 32.1. The van der Waals surface area contributed by atoms with Gasteiger partial charge in [0.25, 0.3) is 0 Å². The maximum atomic E-state index is 5.69. The van der Waals surface area contributed by atoms with Gasteiger partial charge in [0.05, 0.1) is 10.7 Å². The number of aromatic nitrogens is 1. The molecule has 1 atom stereocenters. The Morgan fingerprint density at radius 1 is 1.62 bits per heavy atom. The van der Waals surface area contributed by atoms with Gasteiger partial charge in [0.15, 0.2) is 0 Å². The molecule has 0 radical (unpaired) electrons. The topological polar surface area (TPSA) is 42.2 Å². The van der Waals surface area contributed by atoms with Crippen molar-refractivity contribution in [2.75, 3.05) is 19.6 Å². The first-order valence-corrected chi connectivity index (χ1v) is 6.93. The van der Waals surface area contributed by atoms with Crippen LogP contribution in [-0.4, -0.2) is 29.5 Å². The van der Waals surface area contributed by atoms with Gasteiger partial charge < -0.3 is 5.73 Å². The van der Waals surface area contributed by atoms with E-state index in [4.69, 9.17) is 5.73 Å². The summed E-state index contributed by atoms with van der Waals surface area (Å²) in [6.45, 7) is 8.54. The van der Waals surface area contributed by atoms with E-state index in [1.165, 1.54) is 23.7 Å². The fourth-order valence-corrected chi connectivity index (χ4v) is 2.96. The van der Waals surface area contributed by atoms with Crippen LogP contribution in [0.5, 0.6) is 0 Å². The minimum absolute atomic E-state index is 0.550. The molecule has 16 heavy (non-hydrogen) atoms. The fourth-order valence-electron chi connectivity index (χ4n) is 2.14. The van der Waals surface area contributed by atoms with E-state index < -0.39 is 0 Å². The molecular formula is C12H21N3S. The van der Waals surface area contributed by atoms with Gasteiger partial charge in [-0.05, 0) is 25.4 Å². The summed E-state index contributed by atoms with van der Waals surface area (Å²) in [5.74, 6) is 1.25. The second-order valence-electron chi connectivity index (χ2n) is 4.96. The van der Waals surface area contributed by atoms with E-state index in [1.807, 2.05) is 0 Å². The van der Waals surface area contributed by atoms with Crippen molar-refractivity contribution in [1.29, 1.82) is 0 Å². The lowest BCUT2D eigenvalue weighted by Gasteiger charge is -2.13. The molecule has 3 nitrogen and oxygen atoms in total. The Bertz CT molecular complexity index is 335. The molecule has 1 fully saturated rings. The van der Waals surface area contributed by atoms with Crippen LogP contribution < -0.4 is 5.73 Å². The molecule has 4 heteroatoms. The minimum atomic E-state index is 0.550. The average Bonchev–Trinajstić information content (AvgIpc) is 2.87. The largest absolute Gasteiger partial charge is 0.330 e. The first-order valence-electron chi connectivity index (χ1n) is 6.05. The second-order valence-corrected chi connectivity index (χ2v) is 5.85. The number of hydrogen-bond acceptors (Lipinski definition) is 4. The van der Waals surface area contributed by atoms with Crippen molar-refractivity contribution >= 4 is 11.3 Å². The van der Waals surface area contributed by atoms with Crippen LogP contribution in [0.2, 0.25) is 0 Å². The van der Waals surface area contributed by atoms with Crippen LogP contribution >= 0.6 is 11.3 Å². The van der Waals surface area contributed by atoms with E-state index >= 15 is 0 Å². The van der Waals surface area contributed by atoms with Gasteiger partial charge in [-0.15, -0.1) is 11.3 Å². The van der Waals surface area contributed by atoms with Crippen molar-refractivity contribution in [3.63, 3.8) is 0 Å². The van der Waals surface area contributed by atoms with Gasteiger partial charge >= 0.3 is 0 Å². The maximum absolute atomic E-state index is 5.69. The summed E-state index contributed by atoms with van der Waals surface area (Å²) in [7, 11) is 0. The molecule has 2 heterocycles. The maximum Gasteiger partial charge on any atom is 0.0954 e. The molecular weight excluding hydrogens is 218 g/mol. The number of hydrogen-bond donors (Lipinski definition) is 1. The lowest BCUT2D eigenvalue weighted by Crippen LogP contribution is -2.22. The summed E-state index contributed by atoms with van der Waals surface area (Å²) in [6.07, 6.45) is 1.25. The molecule has 2 rings (SSSR count). The van der Waals surface area contributed by atoms with Crippen LogP contribution in [0.3, 0.4) is 0 Å². The van der Waals surface area contributed by atoms with Gasteiger partial charge in [0.1, 0.15) is 0 Å². The van der Waals surface area contributed by atoms with E-state index in [1.54, 1.807) is 11.3 Å². The highest BCUT2D eigenvalue weighted by Crippen LogP contribution is 2.22. The van der Waals surface area contributed by atoms with Gasteiger partial charge in [-0.3, -0.25) is 4.90 Å². The van der Waals surface area contributed by atoms with E-state index in [0.29, 0.717) is 11.8 Å². The summed E-state index contributed by atoms with van der Waals surface area (Å²) in [5.41, 5.74) is 6.92. The second kappa shape index (κ2) is 5.25. The van der Waals surface area contributed by atoms with Crippen LogP contribution in [0.4, 0.5) is 0 Å². The Balaban J connectivity index is 1.89. The molecule has 0 bridgehead atoms. The van der Waals surface area contributed by atoms with Gasteiger partial charge in [-0.25, -0.2) is 4.98 Å². The minimum Gasteiger partial charge on any atom is -0.330 e. The van der Waals surface area contributed by atoms with Crippen LogP contribution in [0, 0.1) is 5.92 Å². The molecule has 1 saturated heterocycles. The molecule has 90 valence electrons. The van der Waals surface area contributed by atoms with E-state index in [2.05, 4.69) is 29.1 Å². The summed E-state index contributed by atoms with van der Waals surface area (Å²) in [4.78, 5) is 7.14. The number of nitrogens with zero attached hydrogens (tertiary/aromatic N) is 2. The van der Waals surface area contributed by atoms with E-state index in [9.17, 15) is 0 Å². The van der Waals surface area contributed by atoms with Crippen molar-refractivity contribution in [3.05, 3.63) is 16.1 Å². The van der Waals surface area contributed by atoms with E-state index in [0.717, 1.165) is 19.6 Å². The first-order chi connectivity index (χ1) is 7.69. The molecule has 1 aromatic rings. The molecule has 0 aromatic carbocycles. The Morgan fingerprint density at radius 3 is 3.00 bits per heavy atom. The SMILES string of the molecule is CC(C)c1nc(CN2CCC(CN)C2)cs1. The molecule has 1 aliphatic rings. The number of thiazole rings is 1. The third-order valence-corrected chi connectivity index (χ3v) is 4.35. The predicted molar refractivity (Wildman–Crippen MR) is 68.6 cm³/mol. The molecule has 0 amide bonds. The lowest BCUT2D eigenvalue weighted by molar-refractivity contribution is 0.314. The number of likely N-dealkylation sites (tertiary alicyclic amines) is 1. The highest BCUT2D eigenvalue weighted by Gasteiger charge is 2.21. The molecule has 1 aromatic heterocycles. The number of rotatable bonds is 4. The van der Waals surface area contributed by atoms with Crippen LogP contribution in [0.15, 0.2) is 5.38 Å². The fraction of sp³-hybridized carbons (Fsp3) is 0.750. The van der Waals surface area contributed by atoms with Crippen molar-refractivity contribution in [2.45, 2.75) is 32.7 Å². The average molecular weight is 239 g/mol. The third-order valence-electron chi connectivity index (χ3n) is 3.15.